The maximum atomic E-state index is 13.2. The fourth-order valence-electron chi connectivity index (χ4n) is 7.16. The molecule has 1 aromatic rings. The van der Waals surface area contributed by atoms with Gasteiger partial charge in [0.15, 0.2) is 0 Å². The molecule has 1 saturated heterocycles. The fraction of sp³-hybridized carbons (Fsp3) is 0.745. The van der Waals surface area contributed by atoms with Gasteiger partial charge in [-0.1, -0.05) is 59.6 Å². The second kappa shape index (κ2) is 45.5. The zero-order valence-corrected chi connectivity index (χ0v) is 48.3. The second-order valence-corrected chi connectivity index (χ2v) is 19.4. The molecule has 0 radical (unpaired) electrons. The molecule has 0 aliphatic carbocycles. The van der Waals surface area contributed by atoms with Crippen LogP contribution in [0.1, 0.15) is 98.0 Å². The molecule has 2 rings (SSSR count). The molecule has 2 unspecified atom stereocenters. The van der Waals surface area contributed by atoms with Crippen molar-refractivity contribution in [3.63, 3.8) is 0 Å². The highest BCUT2D eigenvalue weighted by molar-refractivity contribution is 6.03. The van der Waals surface area contributed by atoms with E-state index in [4.69, 9.17) is 54.1 Å². The van der Waals surface area contributed by atoms with Gasteiger partial charge in [-0.15, -0.1) is 0 Å². The van der Waals surface area contributed by atoms with E-state index in [9.17, 15) is 38.4 Å². The zero-order chi connectivity index (χ0) is 58.6. The summed E-state index contributed by atoms with van der Waals surface area (Å²) in [5, 5.41) is 5.41. The molecule has 79 heavy (non-hydrogen) atoms. The Balaban J connectivity index is 0.00000118. The Morgan fingerprint density at radius 1 is 0.658 bits per heavy atom. The number of hydrogen-bond donors (Lipinski definition) is 4. The molecule has 6 N–H and O–H groups in total. The first-order valence-electron chi connectivity index (χ1n) is 27.6. The van der Waals surface area contributed by atoms with Crippen molar-refractivity contribution >= 4 is 53.0 Å². The van der Waals surface area contributed by atoms with Crippen molar-refractivity contribution in [3.05, 3.63) is 29.8 Å². The molecule has 1 aliphatic heterocycles. The van der Waals surface area contributed by atoms with Gasteiger partial charge in [0.2, 0.25) is 41.4 Å². The topological polar surface area (TPSA) is 305 Å². The van der Waals surface area contributed by atoms with Gasteiger partial charge in [-0.25, -0.2) is 0 Å². The maximum Gasteiger partial charge on any atom is 0.308 e. The van der Waals surface area contributed by atoms with Crippen molar-refractivity contribution in [2.75, 3.05) is 151 Å². The lowest BCUT2D eigenvalue weighted by molar-refractivity contribution is -0.148. The van der Waals surface area contributed by atoms with Gasteiger partial charge < -0.3 is 74.5 Å². The molecule has 1 heterocycles. The van der Waals surface area contributed by atoms with Crippen LogP contribution in [0.15, 0.2) is 24.3 Å². The number of likely N-dealkylation sites (N-methyl/N-ethyl adjacent to an activating group) is 1. The lowest BCUT2D eigenvalue weighted by Crippen LogP contribution is -2.52. The molecule has 24 heteroatoms. The van der Waals surface area contributed by atoms with E-state index < -0.39 is 36.2 Å². The summed E-state index contributed by atoms with van der Waals surface area (Å²) in [7, 11) is 3.20. The number of nitrogens with zero attached hydrogens (tertiary/aromatic N) is 3. The number of imide groups is 1. The third-order valence-electron chi connectivity index (χ3n) is 11.9. The number of nitrogens with two attached hydrogens (primary N) is 2. The number of likely N-dealkylation sites (tertiary alicyclic amines) is 1. The molecule has 24 nitrogen and oxygen atoms in total. The second-order valence-electron chi connectivity index (χ2n) is 19.4. The summed E-state index contributed by atoms with van der Waals surface area (Å²) in [6, 6.07) is 6.39. The molecule has 0 aromatic heterocycles. The summed E-state index contributed by atoms with van der Waals surface area (Å²) in [4.78, 5) is 102. The summed E-state index contributed by atoms with van der Waals surface area (Å²) in [6.07, 6.45) is 5.08. The molecule has 1 aromatic carbocycles. The number of primary amides is 1. The van der Waals surface area contributed by atoms with Gasteiger partial charge >= 0.3 is 5.97 Å². The third kappa shape index (κ3) is 35.9. The van der Waals surface area contributed by atoms with E-state index in [1.165, 1.54) is 9.80 Å². The predicted octanol–water partition coefficient (Wildman–Crippen LogP) is 2.46. The molecule has 1 fully saturated rings. The van der Waals surface area contributed by atoms with E-state index in [0.29, 0.717) is 125 Å². The predicted molar refractivity (Wildman–Crippen MR) is 294 cm³/mol. The zero-order valence-electron chi connectivity index (χ0n) is 48.3. The Hall–Kier alpha value is -5.18. The van der Waals surface area contributed by atoms with Crippen LogP contribution in [-0.4, -0.2) is 214 Å². The van der Waals surface area contributed by atoms with E-state index in [1.807, 2.05) is 24.3 Å². The number of nitrogens with one attached hydrogen (secondary N) is 2. The van der Waals surface area contributed by atoms with E-state index in [0.717, 1.165) is 35.4 Å². The summed E-state index contributed by atoms with van der Waals surface area (Å²) in [6.45, 7) is 16.0. The minimum atomic E-state index is -0.934. The van der Waals surface area contributed by atoms with Gasteiger partial charge in [-0.2, -0.15) is 0 Å². The summed E-state index contributed by atoms with van der Waals surface area (Å²) in [5.41, 5.74) is 12.5. The van der Waals surface area contributed by atoms with E-state index in [2.05, 4.69) is 10.6 Å². The number of esters is 1. The molecular weight excluding hydrogens is 1030 g/mol. The average Bonchev–Trinajstić information content (AvgIpc) is 3.67. The first-order chi connectivity index (χ1) is 37.9. The number of methoxy groups -OCH3 is 1. The van der Waals surface area contributed by atoms with Crippen LogP contribution < -0.4 is 22.1 Å². The lowest BCUT2D eigenvalue weighted by atomic mass is 10.0. The molecule has 0 saturated carbocycles. The quantitative estimate of drug-likeness (QED) is 0.0414. The smallest absolute Gasteiger partial charge is 0.308 e. The fourth-order valence-corrected chi connectivity index (χ4v) is 7.16. The third-order valence-corrected chi connectivity index (χ3v) is 11.9. The van der Waals surface area contributed by atoms with Crippen LogP contribution in [0.4, 0.5) is 5.69 Å². The SMILES string of the molecule is CC(C)C(=O)OCc1ccc(NC(=O)CCCCCN)cc1.COCCOCCOCCOCCOCCOCCOCCOCCN(C)C(=O)CN(CC(=O)NC(C(N)=O)C(C)C)C(=O)CCCCCN1C(=O)CC(C)C1=O. The number of benzene rings is 1. The maximum absolute atomic E-state index is 13.2. The van der Waals surface area contributed by atoms with E-state index in [-0.39, 0.29) is 87.1 Å². The first kappa shape index (κ1) is 71.8. The highest BCUT2D eigenvalue weighted by Crippen LogP contribution is 2.20. The van der Waals surface area contributed by atoms with Gasteiger partial charge in [0.1, 0.15) is 25.7 Å². The van der Waals surface area contributed by atoms with Crippen LogP contribution in [0.5, 0.6) is 0 Å². The van der Waals surface area contributed by atoms with E-state index >= 15 is 0 Å². The number of rotatable bonds is 46. The highest BCUT2D eigenvalue weighted by Gasteiger charge is 2.35. The van der Waals surface area contributed by atoms with Crippen LogP contribution in [0.2, 0.25) is 0 Å². The van der Waals surface area contributed by atoms with Gasteiger partial charge in [0, 0.05) is 58.1 Å². The van der Waals surface area contributed by atoms with Gasteiger partial charge in [-0.3, -0.25) is 43.3 Å². The minimum Gasteiger partial charge on any atom is -0.461 e. The number of carbonyl (C=O) groups is 8. The number of amides is 7. The largest absolute Gasteiger partial charge is 0.461 e. The summed E-state index contributed by atoms with van der Waals surface area (Å²) < 4.78 is 48.2. The van der Waals surface area contributed by atoms with Crippen LogP contribution >= 0.6 is 0 Å². The minimum absolute atomic E-state index is 0.0102. The van der Waals surface area contributed by atoms with Crippen LogP contribution in [0.25, 0.3) is 0 Å². The number of ether oxygens (including phenoxy) is 9. The summed E-state index contributed by atoms with van der Waals surface area (Å²) >= 11 is 0. The van der Waals surface area contributed by atoms with Crippen LogP contribution in [-0.2, 0) is 87.6 Å². The Morgan fingerprint density at radius 2 is 1.16 bits per heavy atom. The number of carbonyl (C=O) groups excluding carboxylic acids is 8. The highest BCUT2D eigenvalue weighted by atomic mass is 16.6. The number of hydrogen-bond acceptors (Lipinski definition) is 18. The number of anilines is 1. The summed E-state index contributed by atoms with van der Waals surface area (Å²) in [5.74, 6) is -3.43. The molecule has 7 amide bonds. The Kier molecular flexibility index (Phi) is 41.4. The van der Waals surface area contributed by atoms with Crippen molar-refractivity contribution in [2.45, 2.75) is 105 Å². The Morgan fingerprint density at radius 3 is 1.63 bits per heavy atom. The molecule has 452 valence electrons. The van der Waals surface area contributed by atoms with Gasteiger partial charge in [-0.05, 0) is 55.8 Å². The normalized spacial score (nSPS) is 13.5. The van der Waals surface area contributed by atoms with Crippen molar-refractivity contribution in [1.82, 2.24) is 20.0 Å². The van der Waals surface area contributed by atoms with Crippen LogP contribution in [0, 0.1) is 17.8 Å². The Labute approximate surface area is 468 Å². The Bertz CT molecular complexity index is 1880. The van der Waals surface area contributed by atoms with Gasteiger partial charge in [0.25, 0.3) is 0 Å². The molecule has 0 bridgehead atoms. The van der Waals surface area contributed by atoms with Crippen molar-refractivity contribution < 1.29 is 81.0 Å². The molecule has 2 atom stereocenters. The monoisotopic (exact) mass is 1130 g/mol. The molecule has 1 aliphatic rings. The average molecular weight is 1130 g/mol. The first-order valence-corrected chi connectivity index (χ1v) is 27.6. The number of unbranched alkanes of at least 4 members (excludes halogenated alkanes) is 4. The van der Waals surface area contributed by atoms with Crippen LogP contribution in [0.3, 0.4) is 0 Å². The van der Waals surface area contributed by atoms with Crippen molar-refractivity contribution in [1.29, 1.82) is 0 Å². The van der Waals surface area contributed by atoms with Gasteiger partial charge in [0.05, 0.1) is 105 Å². The molecule has 0 spiro atoms. The molecular formula is C55H95N7O17. The van der Waals surface area contributed by atoms with E-state index in [1.54, 1.807) is 48.8 Å². The lowest BCUT2D eigenvalue weighted by Gasteiger charge is -2.26. The van der Waals surface area contributed by atoms with Crippen molar-refractivity contribution in [2.24, 2.45) is 29.2 Å². The van der Waals surface area contributed by atoms with Crippen molar-refractivity contribution in [3.8, 4) is 0 Å². The standard InChI is InChI=1S/C38H69N5O14.C17H26N2O3/c1-30(2)36(37(39)48)40-32(44)28-42(33(45)9-7-6-8-10-43-34(46)27-31(3)38(43)49)29-35(47)41(4)11-12-51-15-16-53-19-20-55-23-24-57-26-25-56-22-21-54-18-17-52-14-13-50-5;1-13(2)17(21)22-12-14-7-9-15(10-8-14)19-16(20)6-4-3-5-11-18/h30-31,36H,6-29H2,1-5H3,(H2,39,48)(H,40,44);7-10,13H,3-6,11-12,18H2,1-2H3,(H,19,20).